The summed E-state index contributed by atoms with van der Waals surface area (Å²) in [6.07, 6.45) is -7.94. The first-order chi connectivity index (χ1) is 14.3. The maximum Gasteiger partial charge on any atom is 0.425 e. The van der Waals surface area contributed by atoms with Gasteiger partial charge in [-0.15, -0.1) is 0 Å². The van der Waals surface area contributed by atoms with Gasteiger partial charge in [0.2, 0.25) is 23.5 Å². The van der Waals surface area contributed by atoms with E-state index in [0.717, 1.165) is 12.1 Å². The lowest BCUT2D eigenvalue weighted by atomic mass is 9.87. The molecule has 170 valence electrons. The number of carbonyl (C=O) groups excluding carboxylic acids is 1. The van der Waals surface area contributed by atoms with Crippen LogP contribution >= 0.6 is 0 Å². The molecule has 2 aromatic rings. The van der Waals surface area contributed by atoms with Crippen molar-refractivity contribution in [3.8, 4) is 17.8 Å². The van der Waals surface area contributed by atoms with E-state index in [1.165, 1.54) is 59.3 Å². The minimum atomic E-state index is -5.33. The van der Waals surface area contributed by atoms with Crippen molar-refractivity contribution in [2.45, 2.75) is 44.3 Å². The fraction of sp³-hybridized carbons (Fsp3) is 0.450. The van der Waals surface area contributed by atoms with E-state index in [9.17, 15) is 23.1 Å². The van der Waals surface area contributed by atoms with E-state index in [4.69, 9.17) is 18.9 Å². The summed E-state index contributed by atoms with van der Waals surface area (Å²) in [5.74, 6) is -1.67. The monoisotopic (exact) mass is 444 g/mol. The number of hydrogen-bond donors (Lipinski definition) is 1. The standard InChI is InChI=1S/C20H23F3N2O6/c1-18(2,3)31-16(26)15(30-17-24-13(28-4)11-14(25-17)29-5)19(27,20(21,22)23)12-9-7-6-8-10-12/h6-11,15,27H,1-5H3. The van der Waals surface area contributed by atoms with E-state index >= 15 is 0 Å². The number of esters is 1. The number of rotatable bonds is 7. The lowest BCUT2D eigenvalue weighted by molar-refractivity contribution is -0.294. The zero-order chi connectivity index (χ0) is 23.4. The third kappa shape index (κ3) is 5.54. The van der Waals surface area contributed by atoms with Crippen LogP contribution in [0, 0.1) is 0 Å². The van der Waals surface area contributed by atoms with Gasteiger partial charge in [0.15, 0.2) is 0 Å². The van der Waals surface area contributed by atoms with Crippen LogP contribution in [0.5, 0.6) is 17.8 Å². The van der Waals surface area contributed by atoms with Crippen LogP contribution in [0.1, 0.15) is 26.3 Å². The fourth-order valence-electron chi connectivity index (χ4n) is 2.57. The zero-order valence-electron chi connectivity index (χ0n) is 17.6. The molecule has 0 aliphatic heterocycles. The Morgan fingerprint density at radius 2 is 1.52 bits per heavy atom. The summed E-state index contributed by atoms with van der Waals surface area (Å²) >= 11 is 0. The summed E-state index contributed by atoms with van der Waals surface area (Å²) in [6.45, 7) is 4.38. The van der Waals surface area contributed by atoms with Gasteiger partial charge < -0.3 is 24.1 Å². The smallest absolute Gasteiger partial charge is 0.425 e. The highest BCUT2D eigenvalue weighted by molar-refractivity contribution is 5.78. The van der Waals surface area contributed by atoms with E-state index in [-0.39, 0.29) is 11.8 Å². The van der Waals surface area contributed by atoms with Gasteiger partial charge >= 0.3 is 18.2 Å². The molecule has 1 heterocycles. The summed E-state index contributed by atoms with van der Waals surface area (Å²) in [5.41, 5.74) is -5.58. The number of ether oxygens (including phenoxy) is 4. The predicted molar refractivity (Wildman–Crippen MR) is 102 cm³/mol. The van der Waals surface area contributed by atoms with E-state index < -0.39 is 41.0 Å². The minimum Gasteiger partial charge on any atom is -0.481 e. The molecule has 0 bridgehead atoms. The molecular weight excluding hydrogens is 421 g/mol. The number of benzene rings is 1. The van der Waals surface area contributed by atoms with Crippen LogP contribution in [0.15, 0.2) is 36.4 Å². The van der Waals surface area contributed by atoms with Crippen LogP contribution in [-0.2, 0) is 15.1 Å². The molecule has 0 amide bonds. The largest absolute Gasteiger partial charge is 0.481 e. The molecule has 8 nitrogen and oxygen atoms in total. The Morgan fingerprint density at radius 3 is 1.94 bits per heavy atom. The highest BCUT2D eigenvalue weighted by atomic mass is 19.4. The van der Waals surface area contributed by atoms with Crippen molar-refractivity contribution in [3.63, 3.8) is 0 Å². The minimum absolute atomic E-state index is 0.0972. The molecule has 1 aromatic carbocycles. The Labute approximate surface area is 176 Å². The molecule has 1 aromatic heterocycles. The van der Waals surface area contributed by atoms with Crippen LogP contribution < -0.4 is 14.2 Å². The van der Waals surface area contributed by atoms with Gasteiger partial charge in [-0.1, -0.05) is 30.3 Å². The second-order valence-corrected chi connectivity index (χ2v) is 7.40. The number of methoxy groups -OCH3 is 2. The number of alkyl halides is 3. The van der Waals surface area contributed by atoms with Crippen molar-refractivity contribution in [3.05, 3.63) is 42.0 Å². The summed E-state index contributed by atoms with van der Waals surface area (Å²) in [5, 5.41) is 10.9. The maximum atomic E-state index is 14.2. The van der Waals surface area contributed by atoms with Crippen LogP contribution in [0.3, 0.4) is 0 Å². The van der Waals surface area contributed by atoms with E-state index in [1.54, 1.807) is 0 Å². The third-order valence-corrected chi connectivity index (χ3v) is 3.95. The van der Waals surface area contributed by atoms with Gasteiger partial charge in [0, 0.05) is 0 Å². The number of nitrogens with zero attached hydrogens (tertiary/aromatic N) is 2. The first-order valence-corrected chi connectivity index (χ1v) is 9.03. The maximum absolute atomic E-state index is 14.2. The van der Waals surface area contributed by atoms with E-state index in [1.807, 2.05) is 0 Å². The summed E-state index contributed by atoms with van der Waals surface area (Å²) in [7, 11) is 2.51. The van der Waals surface area contributed by atoms with Crippen molar-refractivity contribution >= 4 is 5.97 Å². The van der Waals surface area contributed by atoms with Gasteiger partial charge in [-0.25, -0.2) is 4.79 Å². The van der Waals surface area contributed by atoms with Crippen LogP contribution in [-0.4, -0.2) is 53.1 Å². The molecule has 0 saturated carbocycles. The molecule has 2 unspecified atom stereocenters. The molecule has 0 radical (unpaired) electrons. The third-order valence-electron chi connectivity index (χ3n) is 3.95. The molecule has 0 fully saturated rings. The molecule has 11 heteroatoms. The molecule has 0 saturated heterocycles. The summed E-state index contributed by atoms with van der Waals surface area (Å²) in [4.78, 5) is 20.4. The van der Waals surface area contributed by atoms with Gasteiger partial charge in [0.25, 0.3) is 0 Å². The van der Waals surface area contributed by atoms with Gasteiger partial charge in [0.05, 0.1) is 20.3 Å². The molecule has 2 rings (SSSR count). The first-order valence-electron chi connectivity index (χ1n) is 9.03. The Kier molecular flexibility index (Phi) is 6.99. The summed E-state index contributed by atoms with van der Waals surface area (Å²) in [6, 6.07) is 6.61. The highest BCUT2D eigenvalue weighted by Crippen LogP contribution is 2.43. The molecule has 2 atom stereocenters. The second-order valence-electron chi connectivity index (χ2n) is 7.40. The van der Waals surface area contributed by atoms with Crippen molar-refractivity contribution in [1.82, 2.24) is 9.97 Å². The van der Waals surface area contributed by atoms with Crippen LogP contribution in [0.25, 0.3) is 0 Å². The number of hydrogen-bond acceptors (Lipinski definition) is 8. The number of aliphatic hydroxyl groups is 1. The molecule has 0 spiro atoms. The lowest BCUT2D eigenvalue weighted by Gasteiger charge is -2.37. The second kappa shape index (κ2) is 8.96. The number of aromatic nitrogens is 2. The van der Waals surface area contributed by atoms with Gasteiger partial charge in [0.1, 0.15) is 5.60 Å². The highest BCUT2D eigenvalue weighted by Gasteiger charge is 2.65. The Hall–Kier alpha value is -3.08. The molecule has 1 N–H and O–H groups in total. The average Bonchev–Trinajstić information content (AvgIpc) is 2.69. The van der Waals surface area contributed by atoms with Gasteiger partial charge in [-0.05, 0) is 26.3 Å². The number of halogens is 3. The van der Waals surface area contributed by atoms with Crippen LogP contribution in [0.4, 0.5) is 13.2 Å². The Balaban J connectivity index is 2.65. The fourth-order valence-corrected chi connectivity index (χ4v) is 2.57. The van der Waals surface area contributed by atoms with Gasteiger partial charge in [-0.3, -0.25) is 0 Å². The van der Waals surface area contributed by atoms with E-state index in [2.05, 4.69) is 9.97 Å². The molecular formula is C20H23F3N2O6. The lowest BCUT2D eigenvalue weighted by Crippen LogP contribution is -2.58. The molecule has 31 heavy (non-hydrogen) atoms. The van der Waals surface area contributed by atoms with Crippen molar-refractivity contribution < 1.29 is 42.0 Å². The van der Waals surface area contributed by atoms with Crippen molar-refractivity contribution in [2.75, 3.05) is 14.2 Å². The van der Waals surface area contributed by atoms with E-state index in [0.29, 0.717) is 0 Å². The number of carbonyl (C=O) groups is 1. The average molecular weight is 444 g/mol. The summed E-state index contributed by atoms with van der Waals surface area (Å²) < 4.78 is 62.8. The Bertz CT molecular complexity index is 880. The topological polar surface area (TPSA) is 100 Å². The molecule has 0 aliphatic rings. The SMILES string of the molecule is COc1cc(OC)nc(OC(C(=O)OC(C)(C)C)C(O)(c2ccccc2)C(F)(F)F)n1. The normalized spacial score (nSPS) is 14.9. The first kappa shape index (κ1) is 24.2. The van der Waals surface area contributed by atoms with Crippen molar-refractivity contribution in [2.24, 2.45) is 0 Å². The zero-order valence-corrected chi connectivity index (χ0v) is 17.6. The molecule has 0 aliphatic carbocycles. The Morgan fingerprint density at radius 1 is 1.00 bits per heavy atom. The predicted octanol–water partition coefficient (Wildman–Crippen LogP) is 3.03. The van der Waals surface area contributed by atoms with Crippen molar-refractivity contribution in [1.29, 1.82) is 0 Å². The van der Waals surface area contributed by atoms with Gasteiger partial charge in [-0.2, -0.15) is 23.1 Å². The quantitative estimate of drug-likeness (QED) is 0.651. The van der Waals surface area contributed by atoms with Crippen LogP contribution in [0.2, 0.25) is 0 Å².